The topological polar surface area (TPSA) is 49.4 Å². The van der Waals surface area contributed by atoms with Crippen LogP contribution in [0.15, 0.2) is 18.2 Å². The molecule has 0 aliphatic rings. The third-order valence-electron chi connectivity index (χ3n) is 2.97. The Bertz CT molecular complexity index is 508. The Balaban J connectivity index is 2.88. The van der Waals surface area contributed by atoms with Gasteiger partial charge in [-0.1, -0.05) is 32.0 Å². The van der Waals surface area contributed by atoms with Gasteiger partial charge in [0.15, 0.2) is 0 Å². The van der Waals surface area contributed by atoms with E-state index in [4.69, 9.17) is 0 Å². The summed E-state index contributed by atoms with van der Waals surface area (Å²) in [7, 11) is -0.336. The third-order valence-corrected chi connectivity index (χ3v) is 4.44. The van der Waals surface area contributed by atoms with Crippen molar-refractivity contribution in [2.24, 2.45) is 0 Å². The lowest BCUT2D eigenvalue weighted by Gasteiger charge is -2.15. The Kier molecular flexibility index (Phi) is 4.90. The second-order valence-electron chi connectivity index (χ2n) is 4.95. The monoisotopic (exact) mass is 270 g/mol. The maximum absolute atomic E-state index is 11.6. The molecule has 102 valence electrons. The van der Waals surface area contributed by atoms with Crippen molar-refractivity contribution in [3.05, 3.63) is 34.9 Å². The van der Waals surface area contributed by atoms with Crippen LogP contribution in [-0.4, -0.2) is 26.8 Å². The van der Waals surface area contributed by atoms with Gasteiger partial charge in [-0.05, 0) is 29.5 Å². The molecule has 4 nitrogen and oxygen atoms in total. The van der Waals surface area contributed by atoms with Crippen molar-refractivity contribution in [2.75, 3.05) is 14.1 Å². The Morgan fingerprint density at radius 1 is 1.28 bits per heavy atom. The van der Waals surface area contributed by atoms with Gasteiger partial charge >= 0.3 is 0 Å². The van der Waals surface area contributed by atoms with E-state index < -0.39 is 10.2 Å². The second kappa shape index (κ2) is 5.82. The van der Waals surface area contributed by atoms with Gasteiger partial charge in [0.05, 0.1) is 0 Å². The number of hydrogen-bond acceptors (Lipinski definition) is 2. The van der Waals surface area contributed by atoms with Crippen molar-refractivity contribution in [1.82, 2.24) is 9.03 Å². The van der Waals surface area contributed by atoms with Crippen LogP contribution < -0.4 is 4.72 Å². The molecule has 0 heterocycles. The summed E-state index contributed by atoms with van der Waals surface area (Å²) in [6.45, 7) is 6.56. The van der Waals surface area contributed by atoms with E-state index in [-0.39, 0.29) is 0 Å². The average Bonchev–Trinajstić information content (AvgIpc) is 2.27. The van der Waals surface area contributed by atoms with Crippen LogP contribution in [0.1, 0.15) is 36.5 Å². The van der Waals surface area contributed by atoms with Crippen molar-refractivity contribution < 1.29 is 8.42 Å². The predicted molar refractivity (Wildman–Crippen MR) is 74.7 cm³/mol. The normalized spacial score (nSPS) is 12.4. The summed E-state index contributed by atoms with van der Waals surface area (Å²) >= 11 is 0. The molecule has 0 aliphatic heterocycles. The molecule has 0 atom stereocenters. The summed E-state index contributed by atoms with van der Waals surface area (Å²) in [6, 6.07) is 6.19. The first-order valence-electron chi connectivity index (χ1n) is 6.00. The van der Waals surface area contributed by atoms with E-state index >= 15 is 0 Å². The van der Waals surface area contributed by atoms with Gasteiger partial charge in [-0.3, -0.25) is 0 Å². The van der Waals surface area contributed by atoms with Gasteiger partial charge in [0, 0.05) is 20.6 Å². The van der Waals surface area contributed by atoms with Crippen molar-refractivity contribution in [3.63, 3.8) is 0 Å². The van der Waals surface area contributed by atoms with Crippen molar-refractivity contribution in [3.8, 4) is 0 Å². The Morgan fingerprint density at radius 2 is 1.89 bits per heavy atom. The van der Waals surface area contributed by atoms with E-state index in [0.717, 1.165) is 11.1 Å². The fourth-order valence-corrected chi connectivity index (χ4v) is 2.14. The fraction of sp³-hybridized carbons (Fsp3) is 0.538. The zero-order valence-corrected chi connectivity index (χ0v) is 12.5. The van der Waals surface area contributed by atoms with E-state index in [0.29, 0.717) is 12.5 Å². The minimum atomic E-state index is -3.36. The summed E-state index contributed by atoms with van der Waals surface area (Å²) in [5.74, 6) is 0.440. The summed E-state index contributed by atoms with van der Waals surface area (Å²) in [5.41, 5.74) is 3.34. The molecule has 1 aromatic rings. The molecule has 0 aromatic heterocycles. The maximum atomic E-state index is 11.6. The number of aryl methyl sites for hydroxylation is 1. The second-order valence-corrected chi connectivity index (χ2v) is 6.92. The Morgan fingerprint density at radius 3 is 2.39 bits per heavy atom. The molecular formula is C13H22N2O2S. The van der Waals surface area contributed by atoms with Crippen molar-refractivity contribution in [1.29, 1.82) is 0 Å². The van der Waals surface area contributed by atoms with E-state index in [9.17, 15) is 8.42 Å². The Labute approximate surface area is 110 Å². The molecule has 0 aliphatic carbocycles. The molecular weight excluding hydrogens is 248 g/mol. The molecule has 1 rings (SSSR count). The van der Waals surface area contributed by atoms with Crippen LogP contribution in [0.25, 0.3) is 0 Å². The highest BCUT2D eigenvalue weighted by Gasteiger charge is 2.13. The van der Waals surface area contributed by atoms with Crippen molar-refractivity contribution >= 4 is 10.2 Å². The lowest BCUT2D eigenvalue weighted by atomic mass is 9.98. The van der Waals surface area contributed by atoms with Crippen LogP contribution in [-0.2, 0) is 16.8 Å². The van der Waals surface area contributed by atoms with Crippen LogP contribution in [0.4, 0.5) is 0 Å². The van der Waals surface area contributed by atoms with Crippen LogP contribution in [0.3, 0.4) is 0 Å². The smallest absolute Gasteiger partial charge is 0.198 e. The van der Waals surface area contributed by atoms with Crippen LogP contribution >= 0.6 is 0 Å². The van der Waals surface area contributed by atoms with Gasteiger partial charge in [-0.15, -0.1) is 0 Å². The predicted octanol–water partition coefficient (Wildman–Crippen LogP) is 2.01. The zero-order chi connectivity index (χ0) is 13.9. The summed E-state index contributed by atoms with van der Waals surface area (Å²) in [4.78, 5) is 0. The first kappa shape index (κ1) is 15.1. The summed E-state index contributed by atoms with van der Waals surface area (Å²) in [5, 5.41) is 0. The van der Waals surface area contributed by atoms with Gasteiger partial charge in [0.1, 0.15) is 0 Å². The fourth-order valence-electron chi connectivity index (χ4n) is 1.54. The molecule has 0 saturated carbocycles. The number of benzene rings is 1. The lowest BCUT2D eigenvalue weighted by Crippen LogP contribution is -2.35. The quantitative estimate of drug-likeness (QED) is 0.890. The zero-order valence-electron chi connectivity index (χ0n) is 11.7. The molecule has 1 N–H and O–H groups in total. The average molecular weight is 270 g/mol. The maximum Gasteiger partial charge on any atom is 0.279 e. The first-order chi connectivity index (χ1) is 8.24. The largest absolute Gasteiger partial charge is 0.279 e. The molecule has 0 bridgehead atoms. The number of nitrogens with one attached hydrogen (secondary N) is 1. The molecule has 0 unspecified atom stereocenters. The van der Waals surface area contributed by atoms with Gasteiger partial charge in [0.2, 0.25) is 0 Å². The van der Waals surface area contributed by atoms with Gasteiger partial charge in [-0.25, -0.2) is 0 Å². The highest BCUT2D eigenvalue weighted by Crippen LogP contribution is 2.18. The molecule has 0 radical (unpaired) electrons. The molecule has 0 spiro atoms. The first-order valence-corrected chi connectivity index (χ1v) is 7.44. The molecule has 0 amide bonds. The third kappa shape index (κ3) is 3.80. The summed E-state index contributed by atoms with van der Waals surface area (Å²) < 4.78 is 27.1. The standard InChI is InChI=1S/C13H22N2O2S/c1-10(2)12-7-6-11(3)13(8-12)9-14-18(16,17)15(4)5/h6-8,10,14H,9H2,1-5H3. The Hall–Kier alpha value is -0.910. The van der Waals surface area contributed by atoms with Crippen LogP contribution in [0, 0.1) is 6.92 Å². The van der Waals surface area contributed by atoms with Crippen LogP contribution in [0.5, 0.6) is 0 Å². The lowest BCUT2D eigenvalue weighted by molar-refractivity contribution is 0.505. The molecule has 0 fully saturated rings. The van der Waals surface area contributed by atoms with E-state index in [2.05, 4.69) is 30.7 Å². The SMILES string of the molecule is Cc1ccc(C(C)C)cc1CNS(=O)(=O)N(C)C. The minimum Gasteiger partial charge on any atom is -0.198 e. The molecule has 0 saturated heterocycles. The van der Waals surface area contributed by atoms with E-state index in [1.807, 2.05) is 13.0 Å². The molecule has 18 heavy (non-hydrogen) atoms. The van der Waals surface area contributed by atoms with Gasteiger partial charge in [-0.2, -0.15) is 17.4 Å². The van der Waals surface area contributed by atoms with Crippen LogP contribution in [0.2, 0.25) is 0 Å². The highest BCUT2D eigenvalue weighted by atomic mass is 32.2. The molecule has 1 aromatic carbocycles. The van der Waals surface area contributed by atoms with E-state index in [1.54, 1.807) is 0 Å². The number of hydrogen-bond donors (Lipinski definition) is 1. The number of rotatable bonds is 5. The van der Waals surface area contributed by atoms with Gasteiger partial charge in [0.25, 0.3) is 10.2 Å². The highest BCUT2D eigenvalue weighted by molar-refractivity contribution is 7.87. The van der Waals surface area contributed by atoms with E-state index in [1.165, 1.54) is 24.0 Å². The number of nitrogens with zero attached hydrogens (tertiary/aromatic N) is 1. The summed E-state index contributed by atoms with van der Waals surface area (Å²) in [6.07, 6.45) is 0. The molecule has 5 heteroatoms. The minimum absolute atomic E-state index is 0.326. The van der Waals surface area contributed by atoms with Crippen molar-refractivity contribution in [2.45, 2.75) is 33.2 Å². The van der Waals surface area contributed by atoms with Gasteiger partial charge < -0.3 is 0 Å².